The van der Waals surface area contributed by atoms with E-state index in [-0.39, 0.29) is 5.91 Å². The lowest BCUT2D eigenvalue weighted by Crippen LogP contribution is -2.26. The molecule has 4 heterocycles. The molecule has 0 radical (unpaired) electrons. The van der Waals surface area contributed by atoms with Gasteiger partial charge >= 0.3 is 0 Å². The summed E-state index contributed by atoms with van der Waals surface area (Å²) in [5.41, 5.74) is 3.33. The van der Waals surface area contributed by atoms with Gasteiger partial charge in [0.2, 0.25) is 0 Å². The van der Waals surface area contributed by atoms with E-state index in [1.54, 1.807) is 43.1 Å². The third kappa shape index (κ3) is 3.29. The molecule has 0 spiro atoms. The number of carbonyl (C=O) groups excluding carboxylic acids is 1. The average molecular weight is 368 g/mol. The maximum Gasteiger partial charge on any atom is 0.253 e. The highest BCUT2D eigenvalue weighted by atomic mass is 35.5. The number of aromatic amines is 1. The van der Waals surface area contributed by atoms with Crippen LogP contribution >= 0.6 is 11.6 Å². The minimum absolute atomic E-state index is 0.204. The second kappa shape index (κ2) is 6.97. The zero-order chi connectivity index (χ0) is 17.9. The van der Waals surface area contributed by atoms with Crippen molar-refractivity contribution < 1.29 is 9.21 Å². The van der Waals surface area contributed by atoms with Crippen LogP contribution in [0.5, 0.6) is 0 Å². The Morgan fingerprint density at radius 1 is 1.23 bits per heavy atom. The van der Waals surface area contributed by atoms with Crippen LogP contribution < -0.4 is 5.32 Å². The van der Waals surface area contributed by atoms with Gasteiger partial charge in [-0.25, -0.2) is 15.0 Å². The quantitative estimate of drug-likeness (QED) is 0.528. The van der Waals surface area contributed by atoms with Crippen molar-refractivity contribution in [3.63, 3.8) is 0 Å². The van der Waals surface area contributed by atoms with Crippen LogP contribution in [-0.2, 0) is 6.42 Å². The van der Waals surface area contributed by atoms with Crippen molar-refractivity contribution in [3.8, 4) is 11.4 Å². The number of rotatable bonds is 5. The second-order valence-corrected chi connectivity index (χ2v) is 6.04. The summed E-state index contributed by atoms with van der Waals surface area (Å²) in [5, 5.41) is 3.35. The summed E-state index contributed by atoms with van der Waals surface area (Å²) < 4.78 is 5.07. The van der Waals surface area contributed by atoms with E-state index < -0.39 is 0 Å². The molecule has 0 aromatic carbocycles. The zero-order valence-corrected chi connectivity index (χ0v) is 14.3. The summed E-state index contributed by atoms with van der Waals surface area (Å²) in [7, 11) is 0. The monoisotopic (exact) mass is 367 g/mol. The van der Waals surface area contributed by atoms with E-state index in [0.29, 0.717) is 40.7 Å². The van der Waals surface area contributed by atoms with Crippen molar-refractivity contribution in [3.05, 3.63) is 65.5 Å². The molecule has 0 aliphatic heterocycles. The average Bonchev–Trinajstić information content (AvgIpc) is 3.32. The Balaban J connectivity index is 1.50. The number of hydrogen-bond acceptors (Lipinski definition) is 5. The van der Waals surface area contributed by atoms with Crippen molar-refractivity contribution in [2.45, 2.75) is 6.42 Å². The molecule has 1 amide bonds. The summed E-state index contributed by atoms with van der Waals surface area (Å²) in [6.45, 7) is 0.477. The highest BCUT2D eigenvalue weighted by molar-refractivity contribution is 6.29. The van der Waals surface area contributed by atoms with Gasteiger partial charge in [0, 0.05) is 18.9 Å². The van der Waals surface area contributed by atoms with Gasteiger partial charge in [0.15, 0.2) is 5.65 Å². The first-order valence-electron chi connectivity index (χ1n) is 7.96. The zero-order valence-electron chi connectivity index (χ0n) is 13.6. The second-order valence-electron chi connectivity index (χ2n) is 5.65. The van der Waals surface area contributed by atoms with Gasteiger partial charge in [0.05, 0.1) is 17.4 Å². The molecule has 130 valence electrons. The van der Waals surface area contributed by atoms with Gasteiger partial charge in [-0.15, -0.1) is 0 Å². The van der Waals surface area contributed by atoms with Crippen LogP contribution in [0.4, 0.5) is 0 Å². The normalized spacial score (nSPS) is 11.0. The molecule has 26 heavy (non-hydrogen) atoms. The van der Waals surface area contributed by atoms with Crippen LogP contribution in [0.25, 0.3) is 22.6 Å². The summed E-state index contributed by atoms with van der Waals surface area (Å²) in [6, 6.07) is 7.06. The number of pyridine rings is 2. The van der Waals surface area contributed by atoms with Crippen molar-refractivity contribution in [1.82, 2.24) is 25.3 Å². The predicted molar refractivity (Wildman–Crippen MR) is 96.9 cm³/mol. The molecule has 0 unspecified atom stereocenters. The predicted octanol–water partition coefficient (Wildman–Crippen LogP) is 3.24. The van der Waals surface area contributed by atoms with E-state index in [9.17, 15) is 4.79 Å². The lowest BCUT2D eigenvalue weighted by molar-refractivity contribution is 0.0955. The standard InChI is InChI=1S/C18H14ClN5O2/c19-14-2-1-11(9-22-14)3-6-21-18(25)13-4-7-20-17-15(13)23-16(24-17)12-5-8-26-10-12/h1-2,4-5,7-10H,3,6H2,(H,21,25)(H,20,23,24). The molecule has 0 saturated carbocycles. The Kier molecular flexibility index (Phi) is 4.37. The van der Waals surface area contributed by atoms with E-state index in [1.807, 2.05) is 6.07 Å². The van der Waals surface area contributed by atoms with Gasteiger partial charge in [-0.1, -0.05) is 17.7 Å². The van der Waals surface area contributed by atoms with Crippen molar-refractivity contribution in [2.24, 2.45) is 0 Å². The molecule has 4 aromatic heterocycles. The first-order chi connectivity index (χ1) is 12.7. The smallest absolute Gasteiger partial charge is 0.253 e. The molecular formula is C18H14ClN5O2. The van der Waals surface area contributed by atoms with Crippen LogP contribution in [0.1, 0.15) is 15.9 Å². The molecule has 0 fully saturated rings. The van der Waals surface area contributed by atoms with Crippen LogP contribution in [0.3, 0.4) is 0 Å². The van der Waals surface area contributed by atoms with Gasteiger partial charge in [-0.2, -0.15) is 0 Å². The third-order valence-electron chi connectivity index (χ3n) is 3.91. The van der Waals surface area contributed by atoms with E-state index >= 15 is 0 Å². The first kappa shape index (κ1) is 16.3. The maximum absolute atomic E-state index is 12.6. The largest absolute Gasteiger partial charge is 0.472 e. The highest BCUT2D eigenvalue weighted by Crippen LogP contribution is 2.21. The molecular weight excluding hydrogens is 354 g/mol. The Bertz CT molecular complexity index is 1040. The van der Waals surface area contributed by atoms with Crippen LogP contribution in [0.15, 0.2) is 53.6 Å². The van der Waals surface area contributed by atoms with Crippen molar-refractivity contribution in [1.29, 1.82) is 0 Å². The number of fused-ring (bicyclic) bond motifs is 1. The molecule has 0 aliphatic carbocycles. The van der Waals surface area contributed by atoms with Gasteiger partial charge in [0.25, 0.3) is 5.91 Å². The molecule has 0 atom stereocenters. The maximum atomic E-state index is 12.6. The number of aromatic nitrogens is 4. The SMILES string of the molecule is O=C(NCCc1ccc(Cl)nc1)c1ccnc2[nH]c(-c3ccoc3)nc12. The van der Waals surface area contributed by atoms with Gasteiger partial charge in [-0.05, 0) is 30.2 Å². The number of amides is 1. The lowest BCUT2D eigenvalue weighted by atomic mass is 10.2. The third-order valence-corrected chi connectivity index (χ3v) is 4.14. The molecule has 0 saturated heterocycles. The van der Waals surface area contributed by atoms with E-state index in [1.165, 1.54) is 0 Å². The number of halogens is 1. The summed E-state index contributed by atoms with van der Waals surface area (Å²) in [6.07, 6.45) is 7.08. The minimum Gasteiger partial charge on any atom is -0.472 e. The number of furan rings is 1. The number of imidazole rings is 1. The minimum atomic E-state index is -0.204. The first-order valence-corrected chi connectivity index (χ1v) is 8.34. The topological polar surface area (TPSA) is 96.7 Å². The fourth-order valence-electron chi connectivity index (χ4n) is 2.60. The van der Waals surface area contributed by atoms with E-state index in [2.05, 4.69) is 25.3 Å². The van der Waals surface area contributed by atoms with Gasteiger partial charge in [-0.3, -0.25) is 4.79 Å². The van der Waals surface area contributed by atoms with E-state index in [4.69, 9.17) is 16.0 Å². The Morgan fingerprint density at radius 3 is 2.92 bits per heavy atom. The fraction of sp³-hybridized carbons (Fsp3) is 0.111. The van der Waals surface area contributed by atoms with Crippen LogP contribution in [0, 0.1) is 0 Å². The summed E-state index contributed by atoms with van der Waals surface area (Å²) in [5.74, 6) is 0.401. The molecule has 4 aromatic rings. The molecule has 2 N–H and O–H groups in total. The molecule has 4 rings (SSSR count). The molecule has 0 bridgehead atoms. The van der Waals surface area contributed by atoms with Crippen LogP contribution in [-0.4, -0.2) is 32.4 Å². The van der Waals surface area contributed by atoms with Crippen molar-refractivity contribution >= 4 is 28.7 Å². The number of carbonyl (C=O) groups is 1. The Hall–Kier alpha value is -3.19. The van der Waals surface area contributed by atoms with Crippen LogP contribution in [0.2, 0.25) is 5.15 Å². The molecule has 8 heteroatoms. The number of nitrogens with zero attached hydrogens (tertiary/aromatic N) is 3. The van der Waals surface area contributed by atoms with Crippen molar-refractivity contribution in [2.75, 3.05) is 6.54 Å². The number of H-pyrrole nitrogens is 1. The number of nitrogens with one attached hydrogen (secondary N) is 2. The summed E-state index contributed by atoms with van der Waals surface area (Å²) in [4.78, 5) is 28.4. The molecule has 0 aliphatic rings. The summed E-state index contributed by atoms with van der Waals surface area (Å²) >= 11 is 5.77. The fourth-order valence-corrected chi connectivity index (χ4v) is 2.71. The van der Waals surface area contributed by atoms with Gasteiger partial charge in [0.1, 0.15) is 22.8 Å². The van der Waals surface area contributed by atoms with E-state index in [0.717, 1.165) is 11.1 Å². The Labute approximate surface area is 153 Å². The highest BCUT2D eigenvalue weighted by Gasteiger charge is 2.15. The molecule has 7 nitrogen and oxygen atoms in total. The lowest BCUT2D eigenvalue weighted by Gasteiger charge is -2.05. The Morgan fingerprint density at radius 2 is 2.15 bits per heavy atom. The van der Waals surface area contributed by atoms with Gasteiger partial charge < -0.3 is 14.7 Å². The number of hydrogen-bond donors (Lipinski definition) is 2.